The average Bonchev–Trinajstić information content (AvgIpc) is 3.24. The molecule has 0 saturated carbocycles. The predicted octanol–water partition coefficient (Wildman–Crippen LogP) is 4.22. The molecule has 0 saturated heterocycles. The van der Waals surface area contributed by atoms with Crippen LogP contribution in [-0.4, -0.2) is 5.91 Å². The highest BCUT2D eigenvalue weighted by molar-refractivity contribution is 6.01. The Kier molecular flexibility index (Phi) is 6.21. The van der Waals surface area contributed by atoms with E-state index in [1.807, 2.05) is 6.07 Å². The van der Waals surface area contributed by atoms with Crippen LogP contribution in [0.4, 0.5) is 4.39 Å². The van der Waals surface area contributed by atoms with Crippen molar-refractivity contribution in [1.82, 2.24) is 5.32 Å². The second kappa shape index (κ2) is 9.19. The highest BCUT2D eigenvalue weighted by Crippen LogP contribution is 2.17. The molecule has 28 heavy (non-hydrogen) atoms. The highest BCUT2D eigenvalue weighted by atomic mass is 19.1. The number of nitrogens with one attached hydrogen (secondary N) is 1. The van der Waals surface area contributed by atoms with Crippen molar-refractivity contribution in [2.24, 2.45) is 0 Å². The minimum Gasteiger partial charge on any atom is -0.489 e. The molecule has 0 spiro atoms. The molecule has 0 aliphatic heterocycles. The fourth-order valence-electron chi connectivity index (χ4n) is 2.43. The lowest BCUT2D eigenvalue weighted by atomic mass is 10.1. The summed E-state index contributed by atoms with van der Waals surface area (Å²) in [6.07, 6.45) is 3.00. The summed E-state index contributed by atoms with van der Waals surface area (Å²) in [7, 11) is 0. The van der Waals surface area contributed by atoms with Crippen LogP contribution in [0.5, 0.6) is 5.75 Å². The number of carbonyl (C=O) groups is 1. The number of rotatable bonds is 7. The van der Waals surface area contributed by atoms with Crippen molar-refractivity contribution in [3.63, 3.8) is 0 Å². The Morgan fingerprint density at radius 1 is 1.14 bits per heavy atom. The Labute approximate surface area is 161 Å². The third-order valence-corrected chi connectivity index (χ3v) is 3.91. The minimum absolute atomic E-state index is 0.0217. The van der Waals surface area contributed by atoms with Gasteiger partial charge in [-0.25, -0.2) is 4.39 Å². The van der Waals surface area contributed by atoms with E-state index in [-0.39, 0.29) is 24.5 Å². The van der Waals surface area contributed by atoms with Gasteiger partial charge in [0.1, 0.15) is 35.6 Å². The van der Waals surface area contributed by atoms with Crippen LogP contribution in [-0.2, 0) is 17.9 Å². The molecule has 1 amide bonds. The molecule has 0 atom stereocenters. The molecule has 140 valence electrons. The number of furan rings is 1. The van der Waals surface area contributed by atoms with Crippen LogP contribution in [0.3, 0.4) is 0 Å². The Morgan fingerprint density at radius 3 is 2.61 bits per heavy atom. The van der Waals surface area contributed by atoms with Crippen molar-refractivity contribution >= 4 is 12.0 Å². The summed E-state index contributed by atoms with van der Waals surface area (Å²) in [6, 6.07) is 18.6. The Balaban J connectivity index is 1.60. The van der Waals surface area contributed by atoms with E-state index in [9.17, 15) is 14.4 Å². The molecular formula is C22H17FN2O3. The first kappa shape index (κ1) is 18.9. The van der Waals surface area contributed by atoms with E-state index in [4.69, 9.17) is 9.15 Å². The van der Waals surface area contributed by atoms with Gasteiger partial charge in [-0.2, -0.15) is 5.26 Å². The van der Waals surface area contributed by atoms with E-state index in [0.29, 0.717) is 22.6 Å². The summed E-state index contributed by atoms with van der Waals surface area (Å²) in [5.41, 5.74) is 1.11. The highest BCUT2D eigenvalue weighted by Gasteiger charge is 2.09. The van der Waals surface area contributed by atoms with E-state index in [1.165, 1.54) is 18.4 Å². The molecule has 2 aromatic carbocycles. The first-order chi connectivity index (χ1) is 13.7. The van der Waals surface area contributed by atoms with Crippen LogP contribution in [0.2, 0.25) is 0 Å². The van der Waals surface area contributed by atoms with E-state index in [2.05, 4.69) is 5.32 Å². The average molecular weight is 376 g/mol. The van der Waals surface area contributed by atoms with Gasteiger partial charge in [0.15, 0.2) is 0 Å². The van der Waals surface area contributed by atoms with Crippen LogP contribution >= 0.6 is 0 Å². The number of nitrogens with zero attached hydrogens (tertiary/aromatic N) is 1. The van der Waals surface area contributed by atoms with Crippen molar-refractivity contribution in [3.8, 4) is 11.8 Å². The lowest BCUT2D eigenvalue weighted by Crippen LogP contribution is -2.23. The molecule has 1 aromatic heterocycles. The molecule has 0 aliphatic rings. The zero-order chi connectivity index (χ0) is 19.8. The van der Waals surface area contributed by atoms with Gasteiger partial charge >= 0.3 is 0 Å². The maximum Gasteiger partial charge on any atom is 0.262 e. The Bertz CT molecular complexity index is 1000. The van der Waals surface area contributed by atoms with Crippen LogP contribution in [0.1, 0.15) is 16.9 Å². The number of hydrogen-bond donors (Lipinski definition) is 1. The normalized spacial score (nSPS) is 10.9. The molecule has 0 bridgehead atoms. The third-order valence-electron chi connectivity index (χ3n) is 3.91. The topological polar surface area (TPSA) is 75.3 Å². The van der Waals surface area contributed by atoms with Crippen LogP contribution in [0.25, 0.3) is 6.08 Å². The molecule has 1 heterocycles. The molecule has 3 rings (SSSR count). The minimum atomic E-state index is -0.487. The molecular weight excluding hydrogens is 359 g/mol. The first-order valence-electron chi connectivity index (χ1n) is 8.54. The molecule has 0 unspecified atom stereocenters. The van der Waals surface area contributed by atoms with E-state index in [1.54, 1.807) is 54.6 Å². The SMILES string of the molecule is N#CC(=Cc1ccc(OCc2ccccc2F)cc1)C(=O)NCc1ccco1. The second-order valence-corrected chi connectivity index (χ2v) is 5.88. The first-order valence-corrected chi connectivity index (χ1v) is 8.54. The number of hydrogen-bond acceptors (Lipinski definition) is 4. The van der Waals surface area contributed by atoms with Crippen molar-refractivity contribution < 1.29 is 18.3 Å². The summed E-state index contributed by atoms with van der Waals surface area (Å²) in [5, 5.41) is 11.9. The fraction of sp³-hybridized carbons (Fsp3) is 0.0909. The van der Waals surface area contributed by atoms with Crippen LogP contribution in [0, 0.1) is 17.1 Å². The molecule has 0 aliphatic carbocycles. The van der Waals surface area contributed by atoms with Crippen molar-refractivity contribution in [2.75, 3.05) is 0 Å². The lowest BCUT2D eigenvalue weighted by molar-refractivity contribution is -0.117. The molecule has 0 fully saturated rings. The number of amides is 1. The fourth-order valence-corrected chi connectivity index (χ4v) is 2.43. The summed E-state index contributed by atoms with van der Waals surface area (Å²) in [4.78, 5) is 12.1. The van der Waals surface area contributed by atoms with Crippen molar-refractivity contribution in [2.45, 2.75) is 13.2 Å². The van der Waals surface area contributed by atoms with Gasteiger partial charge < -0.3 is 14.5 Å². The Hall–Kier alpha value is -3.85. The van der Waals surface area contributed by atoms with E-state index >= 15 is 0 Å². The number of carbonyl (C=O) groups excluding carboxylic acids is 1. The molecule has 6 heteroatoms. The van der Waals surface area contributed by atoms with E-state index < -0.39 is 5.91 Å². The smallest absolute Gasteiger partial charge is 0.262 e. The van der Waals surface area contributed by atoms with Gasteiger partial charge in [0.25, 0.3) is 5.91 Å². The third kappa shape index (κ3) is 5.08. The molecule has 0 radical (unpaired) electrons. The monoisotopic (exact) mass is 376 g/mol. The Morgan fingerprint density at radius 2 is 1.93 bits per heavy atom. The zero-order valence-corrected chi connectivity index (χ0v) is 14.9. The van der Waals surface area contributed by atoms with Crippen LogP contribution in [0.15, 0.2) is 76.9 Å². The number of ether oxygens (including phenoxy) is 1. The largest absolute Gasteiger partial charge is 0.489 e. The zero-order valence-electron chi connectivity index (χ0n) is 14.9. The van der Waals surface area contributed by atoms with Gasteiger partial charge in [0, 0.05) is 5.56 Å². The van der Waals surface area contributed by atoms with Gasteiger partial charge in [-0.05, 0) is 42.0 Å². The predicted molar refractivity (Wildman–Crippen MR) is 101 cm³/mol. The summed E-state index contributed by atoms with van der Waals surface area (Å²) in [5.74, 6) is 0.350. The van der Waals surface area contributed by atoms with Gasteiger partial charge in [-0.3, -0.25) is 4.79 Å². The second-order valence-electron chi connectivity index (χ2n) is 5.88. The standard InChI is InChI=1S/C22H17FN2O3/c23-21-6-2-1-4-17(21)15-28-19-9-7-16(8-10-19)12-18(13-24)22(26)25-14-20-5-3-11-27-20/h1-12H,14-15H2,(H,25,26). The molecule has 5 nitrogen and oxygen atoms in total. The van der Waals surface area contributed by atoms with Gasteiger partial charge in [-0.15, -0.1) is 0 Å². The van der Waals surface area contributed by atoms with Crippen LogP contribution < -0.4 is 10.1 Å². The lowest BCUT2D eigenvalue weighted by Gasteiger charge is -2.07. The summed E-state index contributed by atoms with van der Waals surface area (Å²) >= 11 is 0. The summed E-state index contributed by atoms with van der Waals surface area (Å²) in [6.45, 7) is 0.314. The summed E-state index contributed by atoms with van der Waals surface area (Å²) < 4.78 is 24.3. The van der Waals surface area contributed by atoms with Gasteiger partial charge in [-0.1, -0.05) is 30.3 Å². The molecule has 3 aromatic rings. The number of nitriles is 1. The maximum atomic E-state index is 13.6. The number of benzene rings is 2. The van der Waals surface area contributed by atoms with Crippen molar-refractivity contribution in [1.29, 1.82) is 5.26 Å². The van der Waals surface area contributed by atoms with E-state index in [0.717, 1.165) is 0 Å². The van der Waals surface area contributed by atoms with Gasteiger partial charge in [0.05, 0.1) is 12.8 Å². The quantitative estimate of drug-likeness (QED) is 0.495. The number of halogens is 1. The van der Waals surface area contributed by atoms with Gasteiger partial charge in [0.2, 0.25) is 0 Å². The maximum absolute atomic E-state index is 13.6. The molecule has 1 N–H and O–H groups in total. The van der Waals surface area contributed by atoms with Crippen molar-refractivity contribution in [3.05, 3.63) is 95.2 Å².